The molecule has 0 radical (unpaired) electrons. The third kappa shape index (κ3) is 3.76. The highest BCUT2D eigenvalue weighted by atomic mass is 32.2. The molecule has 20 heavy (non-hydrogen) atoms. The average Bonchev–Trinajstić information content (AvgIpc) is 2.48. The van der Waals surface area contributed by atoms with Crippen LogP contribution in [-0.4, -0.2) is 20.7 Å². The van der Waals surface area contributed by atoms with Crippen molar-refractivity contribution in [2.45, 2.75) is 42.6 Å². The first-order chi connectivity index (χ1) is 9.71. The largest absolute Gasteiger partial charge is 0.508 e. The topological polar surface area (TPSA) is 20.2 Å². The summed E-state index contributed by atoms with van der Waals surface area (Å²) in [6, 6.07) is 7.77. The molecule has 1 N–H and O–H groups in total. The number of thioether (sulfide) groups is 2. The first-order valence-electron chi connectivity index (χ1n) is 7.37. The maximum atomic E-state index is 10.1. The minimum Gasteiger partial charge on any atom is -0.508 e. The Labute approximate surface area is 131 Å². The van der Waals surface area contributed by atoms with Gasteiger partial charge in [0.2, 0.25) is 0 Å². The Morgan fingerprint density at radius 3 is 2.65 bits per heavy atom. The van der Waals surface area contributed by atoms with Crippen LogP contribution in [0.15, 0.2) is 36.9 Å². The number of phenols is 1. The minimum atomic E-state index is 0.314. The third-order valence-electron chi connectivity index (χ3n) is 3.94. The maximum Gasteiger partial charge on any atom is 0.119 e. The van der Waals surface area contributed by atoms with Gasteiger partial charge in [-0.15, -0.1) is 30.1 Å². The van der Waals surface area contributed by atoms with Crippen LogP contribution in [0.5, 0.6) is 5.75 Å². The van der Waals surface area contributed by atoms with Crippen molar-refractivity contribution < 1.29 is 5.11 Å². The molecule has 1 aromatic rings. The Morgan fingerprint density at radius 2 is 2.05 bits per heavy atom. The van der Waals surface area contributed by atoms with Crippen molar-refractivity contribution >= 4 is 23.5 Å². The highest BCUT2D eigenvalue weighted by molar-refractivity contribution is 8.18. The Morgan fingerprint density at radius 1 is 1.35 bits per heavy atom. The summed E-state index contributed by atoms with van der Waals surface area (Å²) < 4.78 is 0.314. The van der Waals surface area contributed by atoms with Crippen molar-refractivity contribution in [2.24, 2.45) is 0 Å². The molecule has 1 unspecified atom stereocenters. The second-order valence-corrected chi connectivity index (χ2v) is 8.51. The van der Waals surface area contributed by atoms with Crippen molar-refractivity contribution in [2.75, 3.05) is 11.5 Å². The van der Waals surface area contributed by atoms with E-state index in [9.17, 15) is 5.11 Å². The molecule has 0 saturated carbocycles. The number of phenolic OH excluding ortho intramolecular Hbond substituents is 1. The molecule has 1 fully saturated rings. The summed E-state index contributed by atoms with van der Waals surface area (Å²) >= 11 is 4.22. The summed E-state index contributed by atoms with van der Waals surface area (Å²) in [6.45, 7) is 6.19. The van der Waals surface area contributed by atoms with Crippen LogP contribution in [0.4, 0.5) is 0 Å². The normalized spacial score (nSPS) is 19.4. The quantitative estimate of drug-likeness (QED) is 0.709. The first-order valence-corrected chi connectivity index (χ1v) is 9.34. The molecule has 1 atom stereocenters. The van der Waals surface area contributed by atoms with E-state index in [2.05, 4.69) is 43.1 Å². The van der Waals surface area contributed by atoms with E-state index in [1.54, 1.807) is 6.07 Å². The SMILES string of the molecule is C=CCC(CC1(CC)SCCCS1)c1ccccc1O. The predicted octanol–water partition coefficient (Wildman–Crippen LogP) is 5.42. The molecule has 3 heteroatoms. The molecule has 1 heterocycles. The molecule has 0 spiro atoms. The lowest BCUT2D eigenvalue weighted by atomic mass is 9.89. The van der Waals surface area contributed by atoms with Gasteiger partial charge in [-0.1, -0.05) is 31.2 Å². The van der Waals surface area contributed by atoms with Gasteiger partial charge in [-0.3, -0.25) is 0 Å². The van der Waals surface area contributed by atoms with Crippen LogP contribution in [0.3, 0.4) is 0 Å². The molecule has 1 saturated heterocycles. The average molecular weight is 309 g/mol. The van der Waals surface area contributed by atoms with E-state index in [1.165, 1.54) is 24.3 Å². The molecule has 0 aliphatic carbocycles. The number of para-hydroxylation sites is 1. The van der Waals surface area contributed by atoms with E-state index in [-0.39, 0.29) is 0 Å². The Balaban J connectivity index is 2.20. The lowest BCUT2D eigenvalue weighted by molar-refractivity contribution is 0.454. The molecule has 0 bridgehead atoms. The van der Waals surface area contributed by atoms with Crippen molar-refractivity contribution in [3.05, 3.63) is 42.5 Å². The van der Waals surface area contributed by atoms with Crippen LogP contribution in [0.1, 0.15) is 44.1 Å². The Bertz CT molecular complexity index is 438. The summed E-state index contributed by atoms with van der Waals surface area (Å²) in [4.78, 5) is 0. The zero-order chi connectivity index (χ0) is 14.4. The lowest BCUT2D eigenvalue weighted by Crippen LogP contribution is -2.26. The van der Waals surface area contributed by atoms with E-state index >= 15 is 0 Å². The molecule has 110 valence electrons. The van der Waals surface area contributed by atoms with Crippen molar-refractivity contribution in [1.82, 2.24) is 0 Å². The van der Waals surface area contributed by atoms with Gasteiger partial charge in [0.1, 0.15) is 5.75 Å². The molecular weight excluding hydrogens is 284 g/mol. The highest BCUT2D eigenvalue weighted by Gasteiger charge is 2.35. The van der Waals surface area contributed by atoms with E-state index in [1.807, 2.05) is 18.2 Å². The van der Waals surface area contributed by atoms with Gasteiger partial charge in [-0.25, -0.2) is 0 Å². The minimum absolute atomic E-state index is 0.314. The lowest BCUT2D eigenvalue weighted by Gasteiger charge is -2.38. The van der Waals surface area contributed by atoms with Crippen molar-refractivity contribution in [3.8, 4) is 5.75 Å². The van der Waals surface area contributed by atoms with Gasteiger partial charge in [-0.05, 0) is 54.7 Å². The summed E-state index contributed by atoms with van der Waals surface area (Å²) in [5, 5.41) is 10.1. The van der Waals surface area contributed by atoms with Crippen LogP contribution in [-0.2, 0) is 0 Å². The summed E-state index contributed by atoms with van der Waals surface area (Å²) in [7, 11) is 0. The monoisotopic (exact) mass is 308 g/mol. The number of hydrogen-bond acceptors (Lipinski definition) is 3. The van der Waals surface area contributed by atoms with Crippen LogP contribution < -0.4 is 0 Å². The molecule has 0 amide bonds. The fourth-order valence-corrected chi connectivity index (χ4v) is 6.20. The fraction of sp³-hybridized carbons (Fsp3) is 0.529. The van der Waals surface area contributed by atoms with Crippen LogP contribution >= 0.6 is 23.5 Å². The molecule has 0 aromatic heterocycles. The number of allylic oxidation sites excluding steroid dienone is 1. The number of rotatable bonds is 6. The number of hydrogen-bond donors (Lipinski definition) is 1. The van der Waals surface area contributed by atoms with E-state index in [0.717, 1.165) is 18.4 Å². The molecule has 1 aromatic carbocycles. The number of benzene rings is 1. The third-order valence-corrected chi connectivity index (χ3v) is 7.60. The van der Waals surface area contributed by atoms with Crippen LogP contribution in [0.25, 0.3) is 0 Å². The van der Waals surface area contributed by atoms with E-state index in [0.29, 0.717) is 15.7 Å². The second-order valence-electron chi connectivity index (χ2n) is 5.30. The zero-order valence-corrected chi connectivity index (χ0v) is 13.8. The van der Waals surface area contributed by atoms with Gasteiger partial charge in [-0.2, -0.15) is 0 Å². The summed E-state index contributed by atoms with van der Waals surface area (Å²) in [6.07, 6.45) is 6.53. The Kier molecular flexibility index (Phi) is 5.91. The second kappa shape index (κ2) is 7.46. The predicted molar refractivity (Wildman–Crippen MR) is 92.8 cm³/mol. The smallest absolute Gasteiger partial charge is 0.119 e. The van der Waals surface area contributed by atoms with Crippen LogP contribution in [0.2, 0.25) is 0 Å². The van der Waals surface area contributed by atoms with Crippen LogP contribution in [0, 0.1) is 0 Å². The van der Waals surface area contributed by atoms with Gasteiger partial charge in [0.15, 0.2) is 0 Å². The van der Waals surface area contributed by atoms with Crippen molar-refractivity contribution in [3.63, 3.8) is 0 Å². The van der Waals surface area contributed by atoms with E-state index < -0.39 is 0 Å². The number of aromatic hydroxyl groups is 1. The van der Waals surface area contributed by atoms with Gasteiger partial charge in [0, 0.05) is 0 Å². The molecule has 1 aliphatic heterocycles. The molecule has 2 rings (SSSR count). The standard InChI is InChI=1S/C17H24OS2/c1-3-8-14(15-9-5-6-10-16(15)18)13-17(4-2)19-11-7-12-20-17/h3,5-6,9-10,14,18H,1,4,7-8,11-13H2,2H3. The van der Waals surface area contributed by atoms with E-state index in [4.69, 9.17) is 0 Å². The summed E-state index contributed by atoms with van der Waals surface area (Å²) in [5.41, 5.74) is 1.08. The first kappa shape index (κ1) is 15.8. The zero-order valence-electron chi connectivity index (χ0n) is 12.2. The van der Waals surface area contributed by atoms with Gasteiger partial charge in [0.05, 0.1) is 4.08 Å². The summed E-state index contributed by atoms with van der Waals surface area (Å²) in [5.74, 6) is 3.33. The Hall–Kier alpha value is -0.540. The van der Waals surface area contributed by atoms with Gasteiger partial charge >= 0.3 is 0 Å². The van der Waals surface area contributed by atoms with Gasteiger partial charge < -0.3 is 5.11 Å². The maximum absolute atomic E-state index is 10.1. The molecule has 1 aliphatic rings. The molecule has 1 nitrogen and oxygen atoms in total. The fourth-order valence-electron chi connectivity index (χ4n) is 2.81. The van der Waals surface area contributed by atoms with Gasteiger partial charge in [0.25, 0.3) is 0 Å². The molecular formula is C17H24OS2. The highest BCUT2D eigenvalue weighted by Crippen LogP contribution is 2.51. The van der Waals surface area contributed by atoms with Crippen molar-refractivity contribution in [1.29, 1.82) is 0 Å².